The van der Waals surface area contributed by atoms with E-state index in [2.05, 4.69) is 31.0 Å². The number of benzene rings is 1. The molecule has 2 saturated heterocycles. The number of aliphatic hydroxyl groups is 1. The Labute approximate surface area is 178 Å². The van der Waals surface area contributed by atoms with E-state index in [1.807, 2.05) is 24.3 Å². The Kier molecular flexibility index (Phi) is 6.01. The highest BCUT2D eigenvalue weighted by atomic mass is 16.3. The lowest BCUT2D eigenvalue weighted by Gasteiger charge is -2.58. The Hall–Kier alpha value is -2.52. The van der Waals surface area contributed by atoms with Gasteiger partial charge in [0.15, 0.2) is 0 Å². The summed E-state index contributed by atoms with van der Waals surface area (Å²) in [7, 11) is 0. The highest BCUT2D eigenvalue weighted by molar-refractivity contribution is 5.87. The average Bonchev–Trinajstić information content (AvgIpc) is 3.21. The minimum atomic E-state index is -0.227. The fourth-order valence-electron chi connectivity index (χ4n) is 5.01. The van der Waals surface area contributed by atoms with E-state index in [0.717, 1.165) is 36.8 Å². The topological polar surface area (TPSA) is 72.9 Å². The minimum absolute atomic E-state index is 0.0214. The molecule has 0 bridgehead atoms. The van der Waals surface area contributed by atoms with Gasteiger partial charge in [0, 0.05) is 30.0 Å². The van der Waals surface area contributed by atoms with Gasteiger partial charge in [0.05, 0.1) is 18.7 Å². The molecule has 2 N–H and O–H groups in total. The van der Waals surface area contributed by atoms with E-state index < -0.39 is 0 Å². The number of rotatable bonds is 3. The molecule has 0 spiro atoms. The van der Waals surface area contributed by atoms with Crippen LogP contribution in [0.15, 0.2) is 24.3 Å². The number of urea groups is 1. The van der Waals surface area contributed by atoms with Gasteiger partial charge in [-0.15, -0.1) is 0 Å². The molecule has 1 aromatic rings. The second kappa shape index (κ2) is 8.69. The summed E-state index contributed by atoms with van der Waals surface area (Å²) < 4.78 is 0. The van der Waals surface area contributed by atoms with Crippen molar-refractivity contribution in [2.45, 2.75) is 63.6 Å². The van der Waals surface area contributed by atoms with Crippen molar-refractivity contribution in [1.82, 2.24) is 15.1 Å². The van der Waals surface area contributed by atoms with Crippen LogP contribution in [0.5, 0.6) is 0 Å². The number of aliphatic hydroxyl groups excluding tert-OH is 1. The zero-order chi connectivity index (χ0) is 21.3. The average molecular weight is 410 g/mol. The van der Waals surface area contributed by atoms with Crippen LogP contribution in [0.4, 0.5) is 4.79 Å². The molecule has 3 fully saturated rings. The van der Waals surface area contributed by atoms with Crippen molar-refractivity contribution in [1.29, 1.82) is 0 Å². The van der Waals surface area contributed by atoms with E-state index in [9.17, 15) is 14.7 Å². The van der Waals surface area contributed by atoms with Gasteiger partial charge in [0.2, 0.25) is 5.91 Å². The summed E-state index contributed by atoms with van der Waals surface area (Å²) in [5, 5.41) is 13.0. The van der Waals surface area contributed by atoms with Gasteiger partial charge < -0.3 is 20.2 Å². The minimum Gasteiger partial charge on any atom is -0.394 e. The predicted octanol–water partition coefficient (Wildman–Crippen LogP) is 2.32. The van der Waals surface area contributed by atoms with Crippen LogP contribution in [0, 0.1) is 17.8 Å². The highest BCUT2D eigenvalue weighted by Gasteiger charge is 2.54. The predicted molar refractivity (Wildman–Crippen MR) is 115 cm³/mol. The summed E-state index contributed by atoms with van der Waals surface area (Å²) in [6.07, 6.45) is 4.34. The van der Waals surface area contributed by atoms with Crippen molar-refractivity contribution < 1.29 is 14.7 Å². The Bertz CT molecular complexity index is 849. The number of hydrogen-bond donors (Lipinski definition) is 2. The van der Waals surface area contributed by atoms with Crippen molar-refractivity contribution >= 4 is 11.9 Å². The summed E-state index contributed by atoms with van der Waals surface area (Å²) in [5.74, 6) is 6.59. The molecule has 30 heavy (non-hydrogen) atoms. The Morgan fingerprint density at radius 2 is 1.93 bits per heavy atom. The second-order valence-electron chi connectivity index (χ2n) is 9.00. The van der Waals surface area contributed by atoms with Gasteiger partial charge in [0.1, 0.15) is 6.54 Å². The van der Waals surface area contributed by atoms with E-state index in [-0.39, 0.29) is 49.1 Å². The molecule has 0 radical (unpaired) electrons. The number of hydrogen-bond acceptors (Lipinski definition) is 3. The molecule has 160 valence electrons. The van der Waals surface area contributed by atoms with Crippen molar-refractivity contribution in [3.05, 3.63) is 35.4 Å². The third-order valence-electron chi connectivity index (χ3n) is 6.52. The van der Waals surface area contributed by atoms with E-state index in [1.165, 1.54) is 0 Å². The van der Waals surface area contributed by atoms with Gasteiger partial charge in [-0.2, -0.15) is 0 Å². The maximum Gasteiger partial charge on any atom is 0.318 e. The van der Waals surface area contributed by atoms with Crippen molar-refractivity contribution in [2.75, 3.05) is 19.7 Å². The number of fused-ring (bicyclic) bond motifs is 1. The van der Waals surface area contributed by atoms with Crippen LogP contribution in [-0.2, 0) is 4.79 Å². The zero-order valence-corrected chi connectivity index (χ0v) is 17.8. The smallest absolute Gasteiger partial charge is 0.318 e. The van der Waals surface area contributed by atoms with Gasteiger partial charge in [-0.1, -0.05) is 50.7 Å². The van der Waals surface area contributed by atoms with Crippen LogP contribution >= 0.6 is 0 Å². The standard InChI is InChI=1S/C24H31N3O3/c1-16(2)7-8-17-9-11-18(12-10-17)23-20-13-26(14-22(29)27(20)21(23)15-28)24(30)25-19-5-3-4-6-19/h9-12,16,19-21,23,28H,3-6,13-15H2,1-2H3,(H,25,30)/t20-,21+,23-/m1/s1. The fourth-order valence-corrected chi connectivity index (χ4v) is 5.01. The molecule has 6 heteroatoms. The largest absolute Gasteiger partial charge is 0.394 e. The fraction of sp³-hybridized carbons (Fsp3) is 0.583. The molecule has 6 nitrogen and oxygen atoms in total. The normalized spacial score (nSPS) is 26.1. The summed E-state index contributed by atoms with van der Waals surface area (Å²) >= 11 is 0. The first kappa shape index (κ1) is 20.7. The first-order chi connectivity index (χ1) is 14.5. The monoisotopic (exact) mass is 409 g/mol. The van der Waals surface area contributed by atoms with Crippen LogP contribution in [0.25, 0.3) is 0 Å². The van der Waals surface area contributed by atoms with Crippen LogP contribution < -0.4 is 5.32 Å². The SMILES string of the molecule is CC(C)C#Cc1ccc([C@@H]2[C@H]3CN(C(=O)NC4CCCC4)CC(=O)N3[C@H]2CO)cc1. The molecular formula is C24H31N3O3. The molecule has 3 aliphatic rings. The van der Waals surface area contributed by atoms with Crippen LogP contribution in [-0.4, -0.2) is 64.7 Å². The first-order valence-electron chi connectivity index (χ1n) is 11.1. The third kappa shape index (κ3) is 4.04. The number of piperazine rings is 1. The summed E-state index contributed by atoms with van der Waals surface area (Å²) in [4.78, 5) is 28.9. The van der Waals surface area contributed by atoms with Crippen molar-refractivity contribution in [3.63, 3.8) is 0 Å². The molecule has 1 saturated carbocycles. The zero-order valence-electron chi connectivity index (χ0n) is 17.8. The summed E-state index contributed by atoms with van der Waals surface area (Å²) in [6.45, 7) is 4.63. The molecule has 0 unspecified atom stereocenters. The van der Waals surface area contributed by atoms with E-state index in [4.69, 9.17) is 0 Å². The molecule has 3 amide bonds. The second-order valence-corrected chi connectivity index (χ2v) is 9.00. The van der Waals surface area contributed by atoms with Crippen molar-refractivity contribution in [2.24, 2.45) is 5.92 Å². The molecule has 3 atom stereocenters. The van der Waals surface area contributed by atoms with E-state index in [1.54, 1.807) is 9.80 Å². The Balaban J connectivity index is 1.48. The van der Waals surface area contributed by atoms with E-state index >= 15 is 0 Å². The quantitative estimate of drug-likeness (QED) is 0.753. The molecule has 0 aromatic heterocycles. The van der Waals surface area contributed by atoms with Gasteiger partial charge in [-0.3, -0.25) is 4.79 Å². The lowest BCUT2D eigenvalue weighted by molar-refractivity contribution is -0.159. The van der Waals surface area contributed by atoms with Crippen LogP contribution in [0.1, 0.15) is 56.6 Å². The number of amides is 3. The van der Waals surface area contributed by atoms with Gasteiger partial charge in [-0.25, -0.2) is 4.79 Å². The number of nitrogens with zero attached hydrogens (tertiary/aromatic N) is 2. The number of carbonyl (C=O) groups is 2. The van der Waals surface area contributed by atoms with E-state index in [0.29, 0.717) is 12.5 Å². The maximum absolute atomic E-state index is 12.7. The van der Waals surface area contributed by atoms with Gasteiger partial charge in [-0.05, 0) is 30.5 Å². The molecule has 1 aliphatic carbocycles. The highest BCUT2D eigenvalue weighted by Crippen LogP contribution is 2.42. The molecule has 4 rings (SSSR count). The number of carbonyl (C=O) groups excluding carboxylic acids is 2. The maximum atomic E-state index is 12.7. The van der Waals surface area contributed by atoms with Gasteiger partial charge in [0.25, 0.3) is 0 Å². The molecule has 2 aliphatic heterocycles. The van der Waals surface area contributed by atoms with Crippen LogP contribution in [0.3, 0.4) is 0 Å². The lowest BCUT2D eigenvalue weighted by atomic mass is 9.73. The third-order valence-corrected chi connectivity index (χ3v) is 6.52. The Morgan fingerprint density at radius 3 is 2.57 bits per heavy atom. The lowest BCUT2D eigenvalue weighted by Crippen LogP contribution is -2.74. The Morgan fingerprint density at radius 1 is 1.23 bits per heavy atom. The first-order valence-corrected chi connectivity index (χ1v) is 11.1. The summed E-state index contributed by atoms with van der Waals surface area (Å²) in [5.41, 5.74) is 2.04. The van der Waals surface area contributed by atoms with Gasteiger partial charge >= 0.3 is 6.03 Å². The summed E-state index contributed by atoms with van der Waals surface area (Å²) in [6, 6.07) is 7.84. The molecule has 1 aromatic carbocycles. The van der Waals surface area contributed by atoms with Crippen molar-refractivity contribution in [3.8, 4) is 11.8 Å². The molecular weight excluding hydrogens is 378 g/mol. The molecule has 2 heterocycles. The number of nitrogens with one attached hydrogen (secondary N) is 1. The van der Waals surface area contributed by atoms with Crippen LogP contribution in [0.2, 0.25) is 0 Å².